The normalized spacial score (nSPS) is 9.93. The first-order valence-electron chi connectivity index (χ1n) is 4.59. The molecule has 0 amide bonds. The van der Waals surface area contributed by atoms with Crippen LogP contribution in [0, 0.1) is 0 Å². The second-order valence-corrected chi connectivity index (χ2v) is 3.10. The number of nitrogens with zero attached hydrogens (tertiary/aromatic N) is 1. The number of aromatic nitrogens is 1. The highest BCUT2D eigenvalue weighted by Gasteiger charge is 2.05. The van der Waals surface area contributed by atoms with Crippen LogP contribution in [0.1, 0.15) is 0 Å². The third-order valence-corrected chi connectivity index (χ3v) is 2.13. The third kappa shape index (κ3) is 1.91. The molecule has 1 aromatic heterocycles. The first kappa shape index (κ1) is 9.52. The van der Waals surface area contributed by atoms with Gasteiger partial charge in [0.15, 0.2) is 0 Å². The molecule has 0 atom stereocenters. The molecule has 0 aliphatic carbocycles. The number of hydrogen-bond acceptors (Lipinski definition) is 3. The average Bonchev–Trinajstić information content (AvgIpc) is 2.30. The third-order valence-electron chi connectivity index (χ3n) is 2.13. The van der Waals surface area contributed by atoms with Crippen LogP contribution in [0.25, 0.3) is 11.3 Å². The summed E-state index contributed by atoms with van der Waals surface area (Å²) in [4.78, 5) is 4.12. The van der Waals surface area contributed by atoms with E-state index in [1.165, 1.54) is 0 Å². The molecule has 76 valence electrons. The molecule has 1 aromatic carbocycles. The van der Waals surface area contributed by atoms with E-state index >= 15 is 0 Å². The van der Waals surface area contributed by atoms with Crippen molar-refractivity contribution in [3.8, 4) is 22.8 Å². The number of rotatable bonds is 2. The van der Waals surface area contributed by atoms with Crippen LogP contribution in [0.5, 0.6) is 11.5 Å². The highest BCUT2D eigenvalue weighted by Crippen LogP contribution is 2.28. The second-order valence-electron chi connectivity index (χ2n) is 3.10. The Morgan fingerprint density at radius 1 is 1.20 bits per heavy atom. The number of benzene rings is 1. The summed E-state index contributed by atoms with van der Waals surface area (Å²) in [7, 11) is 1.61. The lowest BCUT2D eigenvalue weighted by Crippen LogP contribution is -1.86. The fourth-order valence-corrected chi connectivity index (χ4v) is 1.39. The molecule has 1 heterocycles. The van der Waals surface area contributed by atoms with Gasteiger partial charge < -0.3 is 9.84 Å². The van der Waals surface area contributed by atoms with Crippen molar-refractivity contribution in [2.75, 3.05) is 7.11 Å². The minimum atomic E-state index is 0.172. The van der Waals surface area contributed by atoms with Gasteiger partial charge in [0.05, 0.1) is 7.11 Å². The Balaban J connectivity index is 2.49. The number of hydrogen-bond donors (Lipinski definition) is 1. The molecule has 0 spiro atoms. The van der Waals surface area contributed by atoms with Crippen molar-refractivity contribution < 1.29 is 9.84 Å². The summed E-state index contributed by atoms with van der Waals surface area (Å²) in [6.07, 6.45) is 1.65. The van der Waals surface area contributed by atoms with Crippen molar-refractivity contribution in [1.29, 1.82) is 0 Å². The molecule has 0 saturated carbocycles. The van der Waals surface area contributed by atoms with Crippen molar-refractivity contribution in [2.24, 2.45) is 0 Å². The molecule has 2 rings (SSSR count). The maximum atomic E-state index is 9.62. The molecule has 0 bridgehead atoms. The Morgan fingerprint density at radius 3 is 2.80 bits per heavy atom. The molecular formula is C12H11NO2. The van der Waals surface area contributed by atoms with Crippen LogP contribution in [0.3, 0.4) is 0 Å². The van der Waals surface area contributed by atoms with E-state index in [0.717, 1.165) is 11.3 Å². The van der Waals surface area contributed by atoms with Gasteiger partial charge in [0, 0.05) is 11.8 Å². The summed E-state index contributed by atoms with van der Waals surface area (Å²) in [5.74, 6) is 0.920. The maximum absolute atomic E-state index is 9.62. The molecule has 2 aromatic rings. The highest BCUT2D eigenvalue weighted by atomic mass is 16.5. The minimum absolute atomic E-state index is 0.172. The molecule has 3 nitrogen and oxygen atoms in total. The standard InChI is InChI=1S/C12H11NO2/c1-15-10-5-2-4-9(8-10)12-11(14)6-3-7-13-12/h2-8,14H,1H3. The average molecular weight is 201 g/mol. The fourth-order valence-electron chi connectivity index (χ4n) is 1.39. The Morgan fingerprint density at radius 2 is 2.07 bits per heavy atom. The second kappa shape index (κ2) is 4.00. The molecule has 3 heteroatoms. The Kier molecular flexibility index (Phi) is 2.54. The smallest absolute Gasteiger partial charge is 0.141 e. The summed E-state index contributed by atoms with van der Waals surface area (Å²) in [5, 5.41) is 9.62. The summed E-state index contributed by atoms with van der Waals surface area (Å²) in [5.41, 5.74) is 1.41. The van der Waals surface area contributed by atoms with Gasteiger partial charge in [-0.3, -0.25) is 4.98 Å². The quantitative estimate of drug-likeness (QED) is 0.811. The van der Waals surface area contributed by atoms with E-state index in [2.05, 4.69) is 4.98 Å². The van der Waals surface area contributed by atoms with Gasteiger partial charge in [-0.2, -0.15) is 0 Å². The van der Waals surface area contributed by atoms with E-state index < -0.39 is 0 Å². The zero-order chi connectivity index (χ0) is 10.7. The Hall–Kier alpha value is -2.03. The van der Waals surface area contributed by atoms with Crippen LogP contribution in [-0.4, -0.2) is 17.2 Å². The summed E-state index contributed by atoms with van der Waals surface area (Å²) in [6.45, 7) is 0. The number of ether oxygens (including phenoxy) is 1. The van der Waals surface area contributed by atoms with Crippen LogP contribution in [0.2, 0.25) is 0 Å². The lowest BCUT2D eigenvalue weighted by Gasteiger charge is -2.05. The van der Waals surface area contributed by atoms with E-state index in [1.54, 1.807) is 25.4 Å². The first-order valence-corrected chi connectivity index (χ1v) is 4.59. The molecule has 0 fully saturated rings. The zero-order valence-electron chi connectivity index (χ0n) is 8.34. The SMILES string of the molecule is COc1cccc(-c2ncccc2O)c1. The Labute approximate surface area is 88.0 Å². The molecule has 0 aliphatic rings. The van der Waals surface area contributed by atoms with E-state index in [-0.39, 0.29) is 5.75 Å². The Bertz CT molecular complexity index is 469. The molecule has 1 N–H and O–H groups in total. The van der Waals surface area contributed by atoms with Gasteiger partial charge in [0.25, 0.3) is 0 Å². The van der Waals surface area contributed by atoms with Gasteiger partial charge in [0.1, 0.15) is 17.2 Å². The topological polar surface area (TPSA) is 42.4 Å². The van der Waals surface area contributed by atoms with Crippen molar-refractivity contribution in [1.82, 2.24) is 4.98 Å². The summed E-state index contributed by atoms with van der Waals surface area (Å²) >= 11 is 0. The predicted octanol–water partition coefficient (Wildman–Crippen LogP) is 2.46. The lowest BCUT2D eigenvalue weighted by atomic mass is 10.1. The maximum Gasteiger partial charge on any atom is 0.141 e. The number of aromatic hydroxyl groups is 1. The number of methoxy groups -OCH3 is 1. The van der Waals surface area contributed by atoms with Crippen LogP contribution in [0.4, 0.5) is 0 Å². The van der Waals surface area contributed by atoms with E-state index in [4.69, 9.17) is 4.74 Å². The van der Waals surface area contributed by atoms with Gasteiger partial charge in [-0.1, -0.05) is 12.1 Å². The highest BCUT2D eigenvalue weighted by molar-refractivity contribution is 5.66. The first-order chi connectivity index (χ1) is 7.31. The van der Waals surface area contributed by atoms with Crippen LogP contribution < -0.4 is 4.74 Å². The minimum Gasteiger partial charge on any atom is -0.506 e. The molecule has 15 heavy (non-hydrogen) atoms. The van der Waals surface area contributed by atoms with Crippen molar-refractivity contribution in [3.05, 3.63) is 42.6 Å². The molecule has 0 radical (unpaired) electrons. The summed E-state index contributed by atoms with van der Waals surface area (Å²) in [6, 6.07) is 10.7. The van der Waals surface area contributed by atoms with Gasteiger partial charge >= 0.3 is 0 Å². The molecule has 0 saturated heterocycles. The monoisotopic (exact) mass is 201 g/mol. The fraction of sp³-hybridized carbons (Fsp3) is 0.0833. The van der Waals surface area contributed by atoms with E-state index in [1.807, 2.05) is 24.3 Å². The largest absolute Gasteiger partial charge is 0.506 e. The van der Waals surface area contributed by atoms with E-state index in [9.17, 15) is 5.11 Å². The van der Waals surface area contributed by atoms with Gasteiger partial charge in [-0.25, -0.2) is 0 Å². The van der Waals surface area contributed by atoms with E-state index in [0.29, 0.717) is 5.69 Å². The van der Waals surface area contributed by atoms with Crippen molar-refractivity contribution in [2.45, 2.75) is 0 Å². The van der Waals surface area contributed by atoms with Crippen molar-refractivity contribution in [3.63, 3.8) is 0 Å². The van der Waals surface area contributed by atoms with Gasteiger partial charge in [0.2, 0.25) is 0 Å². The lowest BCUT2D eigenvalue weighted by molar-refractivity contribution is 0.415. The molecule has 0 unspecified atom stereocenters. The summed E-state index contributed by atoms with van der Waals surface area (Å²) < 4.78 is 5.11. The molecular weight excluding hydrogens is 190 g/mol. The number of pyridine rings is 1. The van der Waals surface area contributed by atoms with Crippen LogP contribution in [0.15, 0.2) is 42.6 Å². The zero-order valence-corrected chi connectivity index (χ0v) is 8.34. The van der Waals surface area contributed by atoms with Gasteiger partial charge in [-0.15, -0.1) is 0 Å². The van der Waals surface area contributed by atoms with Crippen molar-refractivity contribution >= 4 is 0 Å². The van der Waals surface area contributed by atoms with Crippen LogP contribution in [-0.2, 0) is 0 Å². The van der Waals surface area contributed by atoms with Crippen LogP contribution >= 0.6 is 0 Å². The van der Waals surface area contributed by atoms with Gasteiger partial charge in [-0.05, 0) is 24.3 Å². The predicted molar refractivity (Wildman–Crippen MR) is 57.9 cm³/mol. The molecule has 0 aliphatic heterocycles.